The molecular formula is C19H29N3O4. The van der Waals surface area contributed by atoms with Crippen LogP contribution in [-0.4, -0.2) is 41.6 Å². The van der Waals surface area contributed by atoms with Gasteiger partial charge in [-0.3, -0.25) is 14.4 Å². The SMILES string of the molecule is CCc1ccc(CN(C(=O)C[C@@H](C)CC(N)=O)C2CCCNCC2=O)o1. The maximum absolute atomic E-state index is 12.9. The van der Waals surface area contributed by atoms with Crippen molar-refractivity contribution in [1.82, 2.24) is 10.2 Å². The number of hydrogen-bond donors (Lipinski definition) is 2. The molecule has 0 aliphatic carbocycles. The fourth-order valence-electron chi connectivity index (χ4n) is 3.31. The molecule has 3 N–H and O–H groups in total. The van der Waals surface area contributed by atoms with Crippen molar-refractivity contribution in [3.63, 3.8) is 0 Å². The molecule has 2 amide bonds. The number of ketones is 1. The first-order valence-electron chi connectivity index (χ1n) is 9.29. The summed E-state index contributed by atoms with van der Waals surface area (Å²) in [5.41, 5.74) is 5.23. The molecule has 26 heavy (non-hydrogen) atoms. The fraction of sp³-hybridized carbons (Fsp3) is 0.632. The van der Waals surface area contributed by atoms with Gasteiger partial charge in [0, 0.05) is 19.3 Å². The molecule has 1 aromatic rings. The predicted octanol–water partition coefficient (Wildman–Crippen LogP) is 1.39. The second-order valence-electron chi connectivity index (χ2n) is 7.02. The van der Waals surface area contributed by atoms with Gasteiger partial charge in [0.15, 0.2) is 5.78 Å². The van der Waals surface area contributed by atoms with Crippen LogP contribution in [0, 0.1) is 5.92 Å². The second-order valence-corrected chi connectivity index (χ2v) is 7.02. The van der Waals surface area contributed by atoms with Gasteiger partial charge in [0.2, 0.25) is 11.8 Å². The van der Waals surface area contributed by atoms with Gasteiger partial charge >= 0.3 is 0 Å². The van der Waals surface area contributed by atoms with E-state index >= 15 is 0 Å². The summed E-state index contributed by atoms with van der Waals surface area (Å²) < 4.78 is 5.75. The molecule has 7 nitrogen and oxygen atoms in total. The van der Waals surface area contributed by atoms with Gasteiger partial charge in [0.05, 0.1) is 19.1 Å². The zero-order valence-corrected chi connectivity index (χ0v) is 15.6. The van der Waals surface area contributed by atoms with Crippen molar-refractivity contribution in [2.45, 2.75) is 58.5 Å². The van der Waals surface area contributed by atoms with Gasteiger partial charge in [-0.1, -0.05) is 13.8 Å². The summed E-state index contributed by atoms with van der Waals surface area (Å²) in [5, 5.41) is 3.09. The van der Waals surface area contributed by atoms with Crippen LogP contribution in [0.15, 0.2) is 16.5 Å². The number of aryl methyl sites for hydroxylation is 1. The number of primary amides is 1. The number of hydrogen-bond acceptors (Lipinski definition) is 5. The third-order valence-electron chi connectivity index (χ3n) is 4.66. The van der Waals surface area contributed by atoms with E-state index in [2.05, 4.69) is 5.32 Å². The Morgan fingerprint density at radius 2 is 2.08 bits per heavy atom. The molecule has 1 saturated heterocycles. The third-order valence-corrected chi connectivity index (χ3v) is 4.66. The van der Waals surface area contributed by atoms with Crippen molar-refractivity contribution in [2.24, 2.45) is 11.7 Å². The highest BCUT2D eigenvalue weighted by Crippen LogP contribution is 2.20. The zero-order chi connectivity index (χ0) is 19.1. The van der Waals surface area contributed by atoms with Crippen molar-refractivity contribution in [3.8, 4) is 0 Å². The molecule has 144 valence electrons. The summed E-state index contributed by atoms with van der Waals surface area (Å²) in [4.78, 5) is 38.2. The molecule has 2 atom stereocenters. The summed E-state index contributed by atoms with van der Waals surface area (Å²) in [7, 11) is 0. The molecule has 0 aromatic carbocycles. The molecule has 1 aliphatic rings. The lowest BCUT2D eigenvalue weighted by Crippen LogP contribution is -2.46. The summed E-state index contributed by atoms with van der Waals surface area (Å²) in [6.45, 7) is 5.11. The van der Waals surface area contributed by atoms with E-state index in [1.165, 1.54) is 0 Å². The minimum Gasteiger partial charge on any atom is -0.464 e. The van der Waals surface area contributed by atoms with Gasteiger partial charge in [-0.2, -0.15) is 0 Å². The van der Waals surface area contributed by atoms with Gasteiger partial charge in [-0.15, -0.1) is 0 Å². The lowest BCUT2D eigenvalue weighted by atomic mass is 10.00. The minimum absolute atomic E-state index is 0.0145. The van der Waals surface area contributed by atoms with E-state index in [1.54, 1.807) is 4.90 Å². The Kier molecular flexibility index (Phi) is 7.38. The van der Waals surface area contributed by atoms with E-state index in [1.807, 2.05) is 26.0 Å². The standard InChI is InChI=1S/C19H29N3O4/c1-3-14-6-7-15(26-14)12-22(16-5-4-8-21-11-17(16)23)19(25)10-13(2)9-18(20)24/h6-7,13,16,21H,3-5,8-12H2,1-2H3,(H2,20,24)/t13-,16?/m0/s1. The molecule has 1 fully saturated rings. The molecule has 0 bridgehead atoms. The fourth-order valence-corrected chi connectivity index (χ4v) is 3.31. The largest absolute Gasteiger partial charge is 0.464 e. The van der Waals surface area contributed by atoms with E-state index in [0.29, 0.717) is 12.2 Å². The van der Waals surface area contributed by atoms with Crippen LogP contribution in [0.2, 0.25) is 0 Å². The monoisotopic (exact) mass is 363 g/mol. The highest BCUT2D eigenvalue weighted by Gasteiger charge is 2.31. The van der Waals surface area contributed by atoms with Crippen LogP contribution in [0.1, 0.15) is 51.1 Å². The molecule has 0 spiro atoms. The van der Waals surface area contributed by atoms with Gasteiger partial charge in [0.25, 0.3) is 0 Å². The van der Waals surface area contributed by atoms with E-state index in [0.717, 1.165) is 25.1 Å². The van der Waals surface area contributed by atoms with Crippen LogP contribution >= 0.6 is 0 Å². The number of carbonyl (C=O) groups is 3. The van der Waals surface area contributed by atoms with Crippen molar-refractivity contribution in [3.05, 3.63) is 23.7 Å². The summed E-state index contributed by atoms with van der Waals surface area (Å²) in [5.74, 6) is 0.801. The predicted molar refractivity (Wildman–Crippen MR) is 97.1 cm³/mol. The molecular weight excluding hydrogens is 334 g/mol. The van der Waals surface area contributed by atoms with E-state index in [9.17, 15) is 14.4 Å². The number of Topliss-reactive ketones (excluding diaryl/α,β-unsaturated/α-hetero) is 1. The van der Waals surface area contributed by atoms with Crippen LogP contribution in [-0.2, 0) is 27.3 Å². The Labute approximate surface area is 154 Å². The van der Waals surface area contributed by atoms with Crippen molar-refractivity contribution in [2.75, 3.05) is 13.1 Å². The van der Waals surface area contributed by atoms with Gasteiger partial charge < -0.3 is 20.4 Å². The number of nitrogens with zero attached hydrogens (tertiary/aromatic N) is 1. The Bertz CT molecular complexity index is 640. The van der Waals surface area contributed by atoms with Crippen molar-refractivity contribution >= 4 is 17.6 Å². The zero-order valence-electron chi connectivity index (χ0n) is 15.6. The van der Waals surface area contributed by atoms with E-state index < -0.39 is 11.9 Å². The lowest BCUT2D eigenvalue weighted by Gasteiger charge is -2.30. The normalized spacial score (nSPS) is 19.0. The summed E-state index contributed by atoms with van der Waals surface area (Å²) >= 11 is 0. The minimum atomic E-state index is -0.464. The molecule has 1 aromatic heterocycles. The Hall–Kier alpha value is -2.15. The Morgan fingerprint density at radius 1 is 1.35 bits per heavy atom. The van der Waals surface area contributed by atoms with E-state index in [-0.39, 0.29) is 43.5 Å². The average molecular weight is 363 g/mol. The highest BCUT2D eigenvalue weighted by molar-refractivity contribution is 5.90. The Balaban J connectivity index is 2.17. The molecule has 2 heterocycles. The number of nitrogens with two attached hydrogens (primary N) is 1. The number of rotatable bonds is 8. The molecule has 2 rings (SSSR count). The number of amides is 2. The van der Waals surface area contributed by atoms with Gasteiger partial charge in [-0.05, 0) is 37.4 Å². The average Bonchev–Trinajstić information content (AvgIpc) is 2.92. The van der Waals surface area contributed by atoms with Crippen LogP contribution in [0.4, 0.5) is 0 Å². The maximum atomic E-state index is 12.9. The van der Waals surface area contributed by atoms with Gasteiger partial charge in [0.1, 0.15) is 11.5 Å². The quantitative estimate of drug-likeness (QED) is 0.726. The first kappa shape index (κ1) is 20.2. The topological polar surface area (TPSA) is 106 Å². The van der Waals surface area contributed by atoms with Crippen LogP contribution in [0.25, 0.3) is 0 Å². The molecule has 7 heteroatoms. The Morgan fingerprint density at radius 3 is 2.73 bits per heavy atom. The molecule has 1 unspecified atom stereocenters. The lowest BCUT2D eigenvalue weighted by molar-refractivity contribution is -0.141. The van der Waals surface area contributed by atoms with Gasteiger partial charge in [-0.25, -0.2) is 0 Å². The van der Waals surface area contributed by atoms with E-state index in [4.69, 9.17) is 10.2 Å². The molecule has 0 radical (unpaired) electrons. The maximum Gasteiger partial charge on any atom is 0.223 e. The smallest absolute Gasteiger partial charge is 0.223 e. The first-order chi connectivity index (χ1) is 12.4. The number of furan rings is 1. The first-order valence-corrected chi connectivity index (χ1v) is 9.29. The van der Waals surface area contributed by atoms with Crippen LogP contribution in [0.5, 0.6) is 0 Å². The third kappa shape index (κ3) is 5.69. The molecule has 0 saturated carbocycles. The number of carbonyl (C=O) groups excluding carboxylic acids is 3. The van der Waals surface area contributed by atoms with Crippen molar-refractivity contribution in [1.29, 1.82) is 0 Å². The van der Waals surface area contributed by atoms with Crippen LogP contribution < -0.4 is 11.1 Å². The summed E-state index contributed by atoms with van der Waals surface area (Å²) in [6, 6.07) is 3.28. The molecule has 1 aliphatic heterocycles. The van der Waals surface area contributed by atoms with Crippen LogP contribution in [0.3, 0.4) is 0 Å². The highest BCUT2D eigenvalue weighted by atomic mass is 16.3. The summed E-state index contributed by atoms with van der Waals surface area (Å²) in [6.07, 6.45) is 2.57. The second kappa shape index (κ2) is 9.52. The number of nitrogens with one attached hydrogen (secondary N) is 1. The van der Waals surface area contributed by atoms with Crippen molar-refractivity contribution < 1.29 is 18.8 Å².